The van der Waals surface area contributed by atoms with Crippen molar-refractivity contribution in [3.63, 3.8) is 0 Å². The Hall–Kier alpha value is -2.06. The normalized spacial score (nSPS) is 22.7. The first-order chi connectivity index (χ1) is 10.5. The Labute approximate surface area is 131 Å². The summed E-state index contributed by atoms with van der Waals surface area (Å²) in [5, 5.41) is 11.8. The van der Waals surface area contributed by atoms with Crippen molar-refractivity contribution in [3.05, 3.63) is 35.4 Å². The Bertz CT molecular complexity index is 564. The lowest BCUT2D eigenvalue weighted by Gasteiger charge is -2.40. The zero-order chi connectivity index (χ0) is 16.2. The first kappa shape index (κ1) is 16.3. The molecule has 2 atom stereocenters. The third-order valence-electron chi connectivity index (χ3n) is 4.25. The van der Waals surface area contributed by atoms with Gasteiger partial charge in [-0.15, -0.1) is 0 Å². The van der Waals surface area contributed by atoms with Crippen molar-refractivity contribution in [3.8, 4) is 6.07 Å². The summed E-state index contributed by atoms with van der Waals surface area (Å²) in [4.78, 5) is 14.2. The minimum atomic E-state index is -0.257. The van der Waals surface area contributed by atoms with Gasteiger partial charge in [-0.2, -0.15) is 5.26 Å². The highest BCUT2D eigenvalue weighted by atomic mass is 16.5. The first-order valence-electron chi connectivity index (χ1n) is 7.67. The van der Waals surface area contributed by atoms with Crippen LogP contribution in [0.5, 0.6) is 0 Å². The first-order valence-corrected chi connectivity index (χ1v) is 7.67. The molecule has 1 heterocycles. The van der Waals surface area contributed by atoms with E-state index in [0.717, 1.165) is 12.0 Å². The fraction of sp³-hybridized carbons (Fsp3) is 0.529. The molecule has 0 spiro atoms. The van der Waals surface area contributed by atoms with Crippen LogP contribution in [-0.4, -0.2) is 36.2 Å². The van der Waals surface area contributed by atoms with E-state index in [1.807, 2.05) is 30.9 Å². The molecule has 2 rings (SSSR count). The largest absolute Gasteiger partial charge is 0.372 e. The molecule has 1 saturated heterocycles. The van der Waals surface area contributed by atoms with Gasteiger partial charge >= 0.3 is 6.03 Å². The van der Waals surface area contributed by atoms with Crippen molar-refractivity contribution in [2.24, 2.45) is 0 Å². The van der Waals surface area contributed by atoms with Crippen LogP contribution in [0.15, 0.2) is 24.3 Å². The molecule has 1 aliphatic rings. The van der Waals surface area contributed by atoms with Gasteiger partial charge in [0.1, 0.15) is 0 Å². The number of carbonyl (C=O) groups excluding carboxylic acids is 1. The Morgan fingerprint density at radius 3 is 2.77 bits per heavy atom. The van der Waals surface area contributed by atoms with Crippen molar-refractivity contribution in [1.82, 2.24) is 10.2 Å². The molecule has 1 N–H and O–H groups in total. The van der Waals surface area contributed by atoms with Crippen molar-refractivity contribution in [2.75, 3.05) is 19.7 Å². The third kappa shape index (κ3) is 3.77. The molecule has 0 bridgehead atoms. The molecule has 22 heavy (non-hydrogen) atoms. The topological polar surface area (TPSA) is 65.4 Å². The van der Waals surface area contributed by atoms with E-state index in [2.05, 4.69) is 18.3 Å². The quantitative estimate of drug-likeness (QED) is 0.933. The Kier molecular flexibility index (Phi) is 5.04. The maximum absolute atomic E-state index is 12.4. The lowest BCUT2D eigenvalue weighted by atomic mass is 10.0. The number of ether oxygens (including phenoxy) is 1. The van der Waals surface area contributed by atoms with E-state index in [-0.39, 0.29) is 17.7 Å². The standard InChI is InChI=1S/C17H23N3O2/c1-4-17(3)12-20(9-10-22-17)16(21)19-13(2)15-7-5-14(11-18)6-8-15/h5-8,13H,4,9-10,12H2,1-3H3,(H,19,21)/t13-,17-/m1/s1. The van der Waals surface area contributed by atoms with Crippen LogP contribution in [-0.2, 0) is 4.74 Å². The van der Waals surface area contributed by atoms with Gasteiger partial charge < -0.3 is 15.0 Å². The summed E-state index contributed by atoms with van der Waals surface area (Å²) >= 11 is 0. The molecule has 1 fully saturated rings. The predicted octanol–water partition coefficient (Wildman–Crippen LogP) is 2.83. The second-order valence-corrected chi connectivity index (χ2v) is 5.98. The van der Waals surface area contributed by atoms with Crippen LogP contribution in [0.3, 0.4) is 0 Å². The SMILES string of the molecule is CC[C@]1(C)CN(C(=O)N[C@H](C)c2ccc(C#N)cc2)CCO1. The highest BCUT2D eigenvalue weighted by molar-refractivity contribution is 5.75. The molecule has 0 aliphatic carbocycles. The molecule has 5 heteroatoms. The molecular weight excluding hydrogens is 278 g/mol. The van der Waals surface area contributed by atoms with Gasteiger partial charge in [-0.1, -0.05) is 19.1 Å². The van der Waals surface area contributed by atoms with Crippen LogP contribution in [0.1, 0.15) is 44.4 Å². The van der Waals surface area contributed by atoms with Crippen molar-refractivity contribution in [1.29, 1.82) is 5.26 Å². The molecular formula is C17H23N3O2. The van der Waals surface area contributed by atoms with Gasteiger partial charge in [0.15, 0.2) is 0 Å². The number of morpholine rings is 1. The van der Waals surface area contributed by atoms with E-state index in [1.165, 1.54) is 0 Å². The van der Waals surface area contributed by atoms with E-state index < -0.39 is 0 Å². The molecule has 5 nitrogen and oxygen atoms in total. The lowest BCUT2D eigenvalue weighted by molar-refractivity contribution is -0.0874. The van der Waals surface area contributed by atoms with Crippen molar-refractivity contribution >= 4 is 6.03 Å². The number of rotatable bonds is 3. The van der Waals surface area contributed by atoms with Gasteiger partial charge in [0.25, 0.3) is 0 Å². The number of hydrogen-bond donors (Lipinski definition) is 1. The molecule has 0 radical (unpaired) electrons. The summed E-state index contributed by atoms with van der Waals surface area (Å²) in [6.07, 6.45) is 0.877. The molecule has 1 aliphatic heterocycles. The molecule has 0 unspecified atom stereocenters. The van der Waals surface area contributed by atoms with Gasteiger partial charge in [-0.3, -0.25) is 0 Å². The van der Waals surface area contributed by atoms with E-state index >= 15 is 0 Å². The number of nitrogens with zero attached hydrogens (tertiary/aromatic N) is 2. The van der Waals surface area contributed by atoms with Gasteiger partial charge in [0.05, 0.1) is 36.4 Å². The zero-order valence-corrected chi connectivity index (χ0v) is 13.4. The third-order valence-corrected chi connectivity index (χ3v) is 4.25. The Balaban J connectivity index is 1.97. The van der Waals surface area contributed by atoms with Gasteiger partial charge in [0, 0.05) is 6.54 Å². The molecule has 2 amide bonds. The van der Waals surface area contributed by atoms with Crippen LogP contribution in [0.2, 0.25) is 0 Å². The second-order valence-electron chi connectivity index (χ2n) is 5.98. The number of amides is 2. The summed E-state index contributed by atoms with van der Waals surface area (Å²) in [6.45, 7) is 7.84. The highest BCUT2D eigenvalue weighted by Crippen LogP contribution is 2.21. The van der Waals surface area contributed by atoms with E-state index in [4.69, 9.17) is 10.00 Å². The number of nitriles is 1. The van der Waals surface area contributed by atoms with Crippen LogP contribution in [0, 0.1) is 11.3 Å². The summed E-state index contributed by atoms with van der Waals surface area (Å²) in [7, 11) is 0. The minimum Gasteiger partial charge on any atom is -0.372 e. The zero-order valence-electron chi connectivity index (χ0n) is 13.4. The highest BCUT2D eigenvalue weighted by Gasteiger charge is 2.32. The number of nitrogens with one attached hydrogen (secondary N) is 1. The molecule has 0 saturated carbocycles. The number of benzene rings is 1. The number of carbonyl (C=O) groups is 1. The maximum Gasteiger partial charge on any atom is 0.318 e. The van der Waals surface area contributed by atoms with Crippen LogP contribution < -0.4 is 5.32 Å². The van der Waals surface area contributed by atoms with Crippen molar-refractivity contribution < 1.29 is 9.53 Å². The van der Waals surface area contributed by atoms with E-state index in [0.29, 0.717) is 25.3 Å². The number of hydrogen-bond acceptors (Lipinski definition) is 3. The minimum absolute atomic E-state index is 0.0696. The fourth-order valence-electron chi connectivity index (χ4n) is 2.52. The summed E-state index contributed by atoms with van der Waals surface area (Å²) in [5.41, 5.74) is 1.35. The summed E-state index contributed by atoms with van der Waals surface area (Å²) in [6, 6.07) is 9.20. The van der Waals surface area contributed by atoms with Gasteiger partial charge in [0.2, 0.25) is 0 Å². The molecule has 0 aromatic heterocycles. The second kappa shape index (κ2) is 6.80. The van der Waals surface area contributed by atoms with E-state index in [9.17, 15) is 4.79 Å². The monoisotopic (exact) mass is 301 g/mol. The molecule has 1 aromatic carbocycles. The Morgan fingerprint density at radius 1 is 1.50 bits per heavy atom. The summed E-state index contributed by atoms with van der Waals surface area (Å²) in [5.74, 6) is 0. The van der Waals surface area contributed by atoms with E-state index in [1.54, 1.807) is 12.1 Å². The molecule has 118 valence electrons. The average Bonchev–Trinajstić information content (AvgIpc) is 2.55. The van der Waals surface area contributed by atoms with Crippen LogP contribution >= 0.6 is 0 Å². The lowest BCUT2D eigenvalue weighted by Crippen LogP contribution is -2.54. The predicted molar refractivity (Wildman–Crippen MR) is 84.3 cm³/mol. The maximum atomic E-state index is 12.4. The van der Waals surface area contributed by atoms with Crippen LogP contribution in [0.4, 0.5) is 4.79 Å². The number of urea groups is 1. The summed E-state index contributed by atoms with van der Waals surface area (Å²) < 4.78 is 5.76. The average molecular weight is 301 g/mol. The molecule has 1 aromatic rings. The fourth-order valence-corrected chi connectivity index (χ4v) is 2.52. The van der Waals surface area contributed by atoms with Gasteiger partial charge in [-0.05, 0) is 38.0 Å². The Morgan fingerprint density at radius 2 is 2.18 bits per heavy atom. The van der Waals surface area contributed by atoms with Crippen molar-refractivity contribution in [2.45, 2.75) is 38.8 Å². The van der Waals surface area contributed by atoms with Crippen LogP contribution in [0.25, 0.3) is 0 Å². The smallest absolute Gasteiger partial charge is 0.318 e. The van der Waals surface area contributed by atoms with Gasteiger partial charge in [-0.25, -0.2) is 4.79 Å².